The Balaban J connectivity index is 1.65. The summed E-state index contributed by atoms with van der Waals surface area (Å²) in [6.07, 6.45) is 0. The van der Waals surface area contributed by atoms with E-state index in [2.05, 4.69) is 20.4 Å². The second kappa shape index (κ2) is 6.41. The molecule has 6 nitrogen and oxygen atoms in total. The van der Waals surface area contributed by atoms with E-state index in [0.29, 0.717) is 0 Å². The smallest absolute Gasteiger partial charge is 0.153 e. The second-order valence-electron chi connectivity index (χ2n) is 4.73. The Labute approximate surface area is 123 Å². The Morgan fingerprint density at radius 2 is 1.81 bits per heavy atom. The lowest BCUT2D eigenvalue weighted by Crippen LogP contribution is -2.36. The third-order valence-corrected chi connectivity index (χ3v) is 3.35. The Kier molecular flexibility index (Phi) is 4.16. The molecule has 1 N–H and O–H groups in total. The van der Waals surface area contributed by atoms with Gasteiger partial charge in [0.15, 0.2) is 11.6 Å². The van der Waals surface area contributed by atoms with Crippen molar-refractivity contribution in [1.29, 1.82) is 0 Å². The number of rotatable bonds is 4. The molecule has 21 heavy (non-hydrogen) atoms. The molecule has 0 bridgehead atoms. The Hall–Kier alpha value is -2.34. The van der Waals surface area contributed by atoms with Crippen LogP contribution in [0.4, 0.5) is 17.3 Å². The van der Waals surface area contributed by atoms with Gasteiger partial charge in [0.05, 0.1) is 20.3 Å². The van der Waals surface area contributed by atoms with Gasteiger partial charge in [-0.2, -0.15) is 0 Å². The number of hydrogen-bond donors (Lipinski definition) is 1. The predicted molar refractivity (Wildman–Crippen MR) is 81.3 cm³/mol. The van der Waals surface area contributed by atoms with Crippen LogP contribution in [-0.2, 0) is 4.74 Å². The molecule has 0 aliphatic carbocycles. The van der Waals surface area contributed by atoms with E-state index in [4.69, 9.17) is 9.47 Å². The molecule has 1 aromatic heterocycles. The molecule has 110 valence electrons. The summed E-state index contributed by atoms with van der Waals surface area (Å²) < 4.78 is 10.5. The van der Waals surface area contributed by atoms with Crippen LogP contribution in [0.5, 0.6) is 5.75 Å². The fourth-order valence-electron chi connectivity index (χ4n) is 2.18. The number of benzene rings is 1. The molecule has 1 aliphatic heterocycles. The van der Waals surface area contributed by atoms with E-state index < -0.39 is 0 Å². The van der Waals surface area contributed by atoms with Crippen LogP contribution in [0, 0.1) is 0 Å². The van der Waals surface area contributed by atoms with Gasteiger partial charge in [0, 0.05) is 18.8 Å². The number of hydrogen-bond acceptors (Lipinski definition) is 6. The van der Waals surface area contributed by atoms with Gasteiger partial charge in [-0.1, -0.05) is 0 Å². The molecule has 1 aliphatic rings. The SMILES string of the molecule is COc1ccc(Nc2ccc(N3CCOCC3)nn2)cc1. The van der Waals surface area contributed by atoms with E-state index in [1.54, 1.807) is 7.11 Å². The molecule has 0 saturated carbocycles. The fourth-order valence-corrected chi connectivity index (χ4v) is 2.18. The van der Waals surface area contributed by atoms with Crippen molar-refractivity contribution in [2.75, 3.05) is 43.6 Å². The zero-order chi connectivity index (χ0) is 14.5. The lowest BCUT2D eigenvalue weighted by molar-refractivity contribution is 0.122. The highest BCUT2D eigenvalue weighted by molar-refractivity contribution is 5.57. The number of aromatic nitrogens is 2. The van der Waals surface area contributed by atoms with Gasteiger partial charge in [-0.15, -0.1) is 10.2 Å². The summed E-state index contributed by atoms with van der Waals surface area (Å²) in [5, 5.41) is 11.7. The molecule has 0 unspecified atom stereocenters. The molecule has 1 aromatic carbocycles. The first kappa shape index (κ1) is 13.6. The van der Waals surface area contributed by atoms with Crippen LogP contribution in [0.25, 0.3) is 0 Å². The molecule has 0 spiro atoms. The Morgan fingerprint density at radius 1 is 1.05 bits per heavy atom. The van der Waals surface area contributed by atoms with E-state index in [9.17, 15) is 0 Å². The van der Waals surface area contributed by atoms with Gasteiger partial charge >= 0.3 is 0 Å². The van der Waals surface area contributed by atoms with Gasteiger partial charge in [0.25, 0.3) is 0 Å². The maximum Gasteiger partial charge on any atom is 0.153 e. The van der Waals surface area contributed by atoms with Crippen molar-refractivity contribution in [2.24, 2.45) is 0 Å². The average molecular weight is 286 g/mol. The summed E-state index contributed by atoms with van der Waals surface area (Å²) in [6, 6.07) is 11.6. The number of nitrogens with zero attached hydrogens (tertiary/aromatic N) is 3. The highest BCUT2D eigenvalue weighted by Gasteiger charge is 2.12. The predicted octanol–water partition coefficient (Wildman–Crippen LogP) is 2.07. The van der Waals surface area contributed by atoms with Gasteiger partial charge in [-0.05, 0) is 36.4 Å². The minimum atomic E-state index is 0.720. The molecular weight excluding hydrogens is 268 g/mol. The molecule has 0 amide bonds. The van der Waals surface area contributed by atoms with Crippen molar-refractivity contribution in [2.45, 2.75) is 0 Å². The molecule has 0 atom stereocenters. The van der Waals surface area contributed by atoms with E-state index in [1.807, 2.05) is 36.4 Å². The van der Waals surface area contributed by atoms with Crippen LogP contribution in [0.1, 0.15) is 0 Å². The molecule has 2 heterocycles. The minimum Gasteiger partial charge on any atom is -0.497 e. The number of morpholine rings is 1. The third-order valence-electron chi connectivity index (χ3n) is 3.35. The van der Waals surface area contributed by atoms with Gasteiger partial charge in [-0.3, -0.25) is 0 Å². The number of ether oxygens (including phenoxy) is 2. The summed E-state index contributed by atoms with van der Waals surface area (Å²) in [7, 11) is 1.65. The first-order valence-corrected chi connectivity index (χ1v) is 6.93. The number of methoxy groups -OCH3 is 1. The Bertz CT molecular complexity index is 565. The molecule has 6 heteroatoms. The summed E-state index contributed by atoms with van der Waals surface area (Å²) in [5.74, 6) is 2.44. The quantitative estimate of drug-likeness (QED) is 0.928. The van der Waals surface area contributed by atoms with Crippen molar-refractivity contribution in [3.8, 4) is 5.75 Å². The summed E-state index contributed by atoms with van der Waals surface area (Å²) in [5.41, 5.74) is 0.948. The van der Waals surface area contributed by atoms with Crippen LogP contribution in [-0.4, -0.2) is 43.6 Å². The van der Waals surface area contributed by atoms with E-state index in [1.165, 1.54) is 0 Å². The maximum absolute atomic E-state index is 5.33. The monoisotopic (exact) mass is 286 g/mol. The lowest BCUT2D eigenvalue weighted by Gasteiger charge is -2.27. The van der Waals surface area contributed by atoms with E-state index in [0.717, 1.165) is 49.4 Å². The van der Waals surface area contributed by atoms with Crippen LogP contribution >= 0.6 is 0 Å². The zero-order valence-corrected chi connectivity index (χ0v) is 12.0. The first-order valence-electron chi connectivity index (χ1n) is 6.93. The van der Waals surface area contributed by atoms with Crippen molar-refractivity contribution in [3.05, 3.63) is 36.4 Å². The topological polar surface area (TPSA) is 59.5 Å². The van der Waals surface area contributed by atoms with Crippen LogP contribution in [0.15, 0.2) is 36.4 Å². The number of nitrogens with one attached hydrogen (secondary N) is 1. The molecule has 1 fully saturated rings. The standard InChI is InChI=1S/C15H18N4O2/c1-20-13-4-2-12(3-5-13)16-14-6-7-15(18-17-14)19-8-10-21-11-9-19/h2-7H,8-11H2,1H3,(H,16,17). The van der Waals surface area contributed by atoms with Crippen molar-refractivity contribution < 1.29 is 9.47 Å². The summed E-state index contributed by atoms with van der Waals surface area (Å²) in [4.78, 5) is 2.17. The summed E-state index contributed by atoms with van der Waals surface area (Å²) >= 11 is 0. The fraction of sp³-hybridized carbons (Fsp3) is 0.333. The van der Waals surface area contributed by atoms with E-state index in [-0.39, 0.29) is 0 Å². The zero-order valence-electron chi connectivity index (χ0n) is 12.0. The van der Waals surface area contributed by atoms with Crippen LogP contribution < -0.4 is 15.0 Å². The van der Waals surface area contributed by atoms with Crippen LogP contribution in [0.3, 0.4) is 0 Å². The van der Waals surface area contributed by atoms with Gasteiger partial charge in [0.2, 0.25) is 0 Å². The molecule has 0 radical (unpaired) electrons. The van der Waals surface area contributed by atoms with Crippen molar-refractivity contribution in [3.63, 3.8) is 0 Å². The lowest BCUT2D eigenvalue weighted by atomic mass is 10.3. The highest BCUT2D eigenvalue weighted by Crippen LogP contribution is 2.19. The number of anilines is 3. The maximum atomic E-state index is 5.33. The first-order chi connectivity index (χ1) is 10.3. The molecule has 1 saturated heterocycles. The normalized spacial score (nSPS) is 14.8. The van der Waals surface area contributed by atoms with E-state index >= 15 is 0 Å². The highest BCUT2D eigenvalue weighted by atomic mass is 16.5. The third kappa shape index (κ3) is 3.41. The summed E-state index contributed by atoms with van der Waals surface area (Å²) in [6.45, 7) is 3.21. The van der Waals surface area contributed by atoms with Gasteiger partial charge in [0.1, 0.15) is 5.75 Å². The van der Waals surface area contributed by atoms with Crippen LogP contribution in [0.2, 0.25) is 0 Å². The van der Waals surface area contributed by atoms with Crippen molar-refractivity contribution >= 4 is 17.3 Å². The largest absolute Gasteiger partial charge is 0.497 e. The second-order valence-corrected chi connectivity index (χ2v) is 4.73. The molecule has 3 rings (SSSR count). The molecule has 2 aromatic rings. The average Bonchev–Trinajstić information content (AvgIpc) is 2.57. The van der Waals surface area contributed by atoms with Gasteiger partial charge in [-0.25, -0.2) is 0 Å². The minimum absolute atomic E-state index is 0.720. The molecular formula is C15H18N4O2. The Morgan fingerprint density at radius 3 is 2.43 bits per heavy atom. The van der Waals surface area contributed by atoms with Crippen molar-refractivity contribution in [1.82, 2.24) is 10.2 Å². The van der Waals surface area contributed by atoms with Gasteiger partial charge < -0.3 is 19.7 Å².